The highest BCUT2D eigenvalue weighted by Crippen LogP contribution is 2.35. The van der Waals surface area contributed by atoms with Gasteiger partial charge >= 0.3 is 6.18 Å². The summed E-state index contributed by atoms with van der Waals surface area (Å²) in [6.07, 6.45) is -3.87. The largest absolute Gasteiger partial charge is 0.491 e. The lowest BCUT2D eigenvalue weighted by Gasteiger charge is -2.26. The number of carbonyl (C=O) groups is 1. The van der Waals surface area contributed by atoms with Crippen LogP contribution in [0.3, 0.4) is 0 Å². The predicted molar refractivity (Wildman–Crippen MR) is 85.9 cm³/mol. The molecule has 9 heteroatoms. The summed E-state index contributed by atoms with van der Waals surface area (Å²) in [7, 11) is 0. The van der Waals surface area contributed by atoms with Crippen molar-refractivity contribution >= 4 is 5.91 Å². The van der Waals surface area contributed by atoms with Crippen LogP contribution in [0.5, 0.6) is 5.75 Å². The Bertz CT molecular complexity index is 871. The van der Waals surface area contributed by atoms with E-state index >= 15 is 0 Å². The van der Waals surface area contributed by atoms with Crippen molar-refractivity contribution in [2.45, 2.75) is 18.7 Å². The van der Waals surface area contributed by atoms with Gasteiger partial charge in [0.25, 0.3) is 11.5 Å². The van der Waals surface area contributed by atoms with Gasteiger partial charge in [0.2, 0.25) is 0 Å². The molecule has 1 aromatic carbocycles. The predicted octanol–water partition coefficient (Wildman–Crippen LogP) is 2.33. The smallest absolute Gasteiger partial charge is 0.431 e. The summed E-state index contributed by atoms with van der Waals surface area (Å²) in [5.74, 6) is -0.640. The van der Waals surface area contributed by atoms with Gasteiger partial charge in [-0.2, -0.15) is 13.2 Å². The zero-order valence-electron chi connectivity index (χ0n) is 13.4. The molecule has 26 heavy (non-hydrogen) atoms. The number of alkyl halides is 3. The number of pyridine rings is 1. The summed E-state index contributed by atoms with van der Waals surface area (Å²) in [6, 6.07) is 6.67. The topological polar surface area (TPSA) is 94.4 Å². The number of hydrogen-bond acceptors (Lipinski definition) is 4. The van der Waals surface area contributed by atoms with Crippen LogP contribution < -0.4 is 16.0 Å². The lowest BCUT2D eigenvalue weighted by molar-refractivity contribution is -0.140. The molecule has 0 aliphatic carbocycles. The number of hydrogen-bond donors (Lipinski definition) is 2. The molecular formula is C17H15F3N2O4. The Morgan fingerprint density at radius 3 is 2.46 bits per heavy atom. The summed E-state index contributed by atoms with van der Waals surface area (Å²) in [5, 5.41) is 0. The molecular weight excluding hydrogens is 353 g/mol. The number of benzene rings is 1. The lowest BCUT2D eigenvalue weighted by Crippen LogP contribution is -2.32. The van der Waals surface area contributed by atoms with E-state index in [0.29, 0.717) is 19.0 Å². The number of aromatic amines is 1. The number of halogens is 3. The lowest BCUT2D eigenvalue weighted by atomic mass is 10.0. The average Bonchev–Trinajstić information content (AvgIpc) is 2.53. The normalized spacial score (nSPS) is 16.8. The van der Waals surface area contributed by atoms with Crippen LogP contribution in [0.1, 0.15) is 22.5 Å². The highest BCUT2D eigenvalue weighted by molar-refractivity contribution is 5.93. The highest BCUT2D eigenvalue weighted by atomic mass is 19.4. The van der Waals surface area contributed by atoms with Crippen LogP contribution in [-0.2, 0) is 10.9 Å². The second-order valence-electron chi connectivity index (χ2n) is 5.78. The van der Waals surface area contributed by atoms with E-state index in [-0.39, 0.29) is 17.2 Å². The standard InChI is InChI=1S/C17H15F3N2O4/c18-17(19,20)14-12(7-13(15(21)23)16(24)22-14)9-1-3-10(4-2-9)26-8-11-5-6-25-11/h1-4,7,11H,5-6,8H2,(H2,21,23)(H,22,24). The second-order valence-corrected chi connectivity index (χ2v) is 5.78. The van der Waals surface area contributed by atoms with E-state index in [0.717, 1.165) is 12.5 Å². The van der Waals surface area contributed by atoms with Crippen LogP contribution >= 0.6 is 0 Å². The molecule has 1 saturated heterocycles. The quantitative estimate of drug-likeness (QED) is 0.847. The molecule has 3 rings (SSSR count). The van der Waals surface area contributed by atoms with Crippen LogP contribution in [-0.4, -0.2) is 30.2 Å². The number of primary amides is 1. The summed E-state index contributed by atoms with van der Waals surface area (Å²) >= 11 is 0. The number of rotatable bonds is 5. The molecule has 2 heterocycles. The van der Waals surface area contributed by atoms with Crippen molar-refractivity contribution in [1.29, 1.82) is 0 Å². The zero-order chi connectivity index (χ0) is 18.9. The van der Waals surface area contributed by atoms with E-state index in [2.05, 4.69) is 0 Å². The molecule has 1 aliphatic heterocycles. The fourth-order valence-electron chi connectivity index (χ4n) is 2.50. The Balaban J connectivity index is 1.94. The van der Waals surface area contributed by atoms with Crippen LogP contribution in [0, 0.1) is 0 Å². The van der Waals surface area contributed by atoms with E-state index in [1.165, 1.54) is 24.3 Å². The molecule has 1 aliphatic rings. The summed E-state index contributed by atoms with van der Waals surface area (Å²) in [6.45, 7) is 1.05. The third kappa shape index (κ3) is 3.72. The first-order valence-corrected chi connectivity index (χ1v) is 7.75. The fraction of sp³-hybridized carbons (Fsp3) is 0.294. The molecule has 138 valence electrons. The number of ether oxygens (including phenoxy) is 2. The summed E-state index contributed by atoms with van der Waals surface area (Å²) < 4.78 is 50.5. The first-order chi connectivity index (χ1) is 12.3. The maximum atomic E-state index is 13.3. The Hall–Kier alpha value is -2.81. The minimum atomic E-state index is -4.80. The van der Waals surface area contributed by atoms with Gasteiger partial charge < -0.3 is 20.2 Å². The van der Waals surface area contributed by atoms with Gasteiger partial charge in [-0.1, -0.05) is 12.1 Å². The van der Waals surface area contributed by atoms with Crippen LogP contribution in [0.15, 0.2) is 35.1 Å². The molecule has 0 radical (unpaired) electrons. The molecule has 1 fully saturated rings. The first-order valence-electron chi connectivity index (χ1n) is 7.75. The molecule has 0 spiro atoms. The van der Waals surface area contributed by atoms with Crippen LogP contribution in [0.2, 0.25) is 0 Å². The molecule has 0 saturated carbocycles. The van der Waals surface area contributed by atoms with Gasteiger partial charge in [0, 0.05) is 18.6 Å². The fourth-order valence-corrected chi connectivity index (χ4v) is 2.50. The van der Waals surface area contributed by atoms with Gasteiger partial charge in [-0.3, -0.25) is 9.59 Å². The molecule has 2 aromatic rings. The number of aromatic nitrogens is 1. The van der Waals surface area contributed by atoms with E-state index < -0.39 is 28.9 Å². The first kappa shape index (κ1) is 18.0. The SMILES string of the molecule is NC(=O)c1cc(-c2ccc(OCC3CCO3)cc2)c(C(F)(F)F)[nH]c1=O. The Morgan fingerprint density at radius 1 is 1.31 bits per heavy atom. The van der Waals surface area contributed by atoms with E-state index in [4.69, 9.17) is 15.2 Å². The van der Waals surface area contributed by atoms with Crippen molar-refractivity contribution in [2.75, 3.05) is 13.2 Å². The summed E-state index contributed by atoms with van der Waals surface area (Å²) in [4.78, 5) is 24.7. The summed E-state index contributed by atoms with van der Waals surface area (Å²) in [5.41, 5.74) is 1.89. The van der Waals surface area contributed by atoms with Crippen LogP contribution in [0.25, 0.3) is 11.1 Å². The van der Waals surface area contributed by atoms with Crippen molar-refractivity contribution < 1.29 is 27.4 Å². The molecule has 3 N–H and O–H groups in total. The van der Waals surface area contributed by atoms with Crippen molar-refractivity contribution in [3.05, 3.63) is 51.9 Å². The van der Waals surface area contributed by atoms with Crippen molar-refractivity contribution in [3.63, 3.8) is 0 Å². The third-order valence-corrected chi connectivity index (χ3v) is 3.98. The second kappa shape index (κ2) is 6.83. The van der Waals surface area contributed by atoms with Crippen molar-refractivity contribution in [1.82, 2.24) is 4.98 Å². The van der Waals surface area contributed by atoms with Gasteiger partial charge in [-0.25, -0.2) is 0 Å². The number of nitrogens with one attached hydrogen (secondary N) is 1. The van der Waals surface area contributed by atoms with Gasteiger partial charge in [-0.05, 0) is 23.8 Å². The monoisotopic (exact) mass is 368 g/mol. The van der Waals surface area contributed by atoms with Crippen molar-refractivity contribution in [3.8, 4) is 16.9 Å². The Labute approximate surface area is 145 Å². The van der Waals surface area contributed by atoms with Crippen molar-refractivity contribution in [2.24, 2.45) is 5.73 Å². The van der Waals surface area contributed by atoms with Crippen LogP contribution in [0.4, 0.5) is 13.2 Å². The maximum absolute atomic E-state index is 13.3. The minimum absolute atomic E-state index is 0.0313. The van der Waals surface area contributed by atoms with Gasteiger partial charge in [0.05, 0.1) is 6.10 Å². The number of carbonyl (C=O) groups excluding carboxylic acids is 1. The van der Waals surface area contributed by atoms with E-state index in [1.807, 2.05) is 0 Å². The van der Waals surface area contributed by atoms with Gasteiger partial charge in [-0.15, -0.1) is 0 Å². The molecule has 1 amide bonds. The number of amides is 1. The highest BCUT2D eigenvalue weighted by Gasteiger charge is 2.36. The van der Waals surface area contributed by atoms with E-state index in [1.54, 1.807) is 4.98 Å². The minimum Gasteiger partial charge on any atom is -0.491 e. The number of H-pyrrole nitrogens is 1. The molecule has 1 aromatic heterocycles. The molecule has 6 nitrogen and oxygen atoms in total. The van der Waals surface area contributed by atoms with E-state index in [9.17, 15) is 22.8 Å². The number of nitrogens with two attached hydrogens (primary N) is 1. The molecule has 1 atom stereocenters. The molecule has 0 bridgehead atoms. The zero-order valence-corrected chi connectivity index (χ0v) is 13.4. The van der Waals surface area contributed by atoms with Gasteiger partial charge in [0.1, 0.15) is 23.6 Å². The Morgan fingerprint density at radius 2 is 1.96 bits per heavy atom. The molecule has 1 unspecified atom stereocenters. The maximum Gasteiger partial charge on any atom is 0.431 e. The van der Waals surface area contributed by atoms with Gasteiger partial charge in [0.15, 0.2) is 0 Å². The Kier molecular flexibility index (Phi) is 4.73. The average molecular weight is 368 g/mol. The third-order valence-electron chi connectivity index (χ3n) is 3.98.